The predicted octanol–water partition coefficient (Wildman–Crippen LogP) is 2.38. The zero-order chi connectivity index (χ0) is 12.6. The van der Waals surface area contributed by atoms with Crippen LogP contribution >= 0.6 is 0 Å². The fraction of sp³-hybridized carbons (Fsp3) is 0.833. The third-order valence-electron chi connectivity index (χ3n) is 4.03. The van der Waals surface area contributed by atoms with Gasteiger partial charge in [0.05, 0.1) is 11.3 Å². The van der Waals surface area contributed by atoms with E-state index in [-0.39, 0.29) is 11.3 Å². The summed E-state index contributed by atoms with van der Waals surface area (Å²) in [4.78, 5) is 22.3. The van der Waals surface area contributed by atoms with Gasteiger partial charge in [-0.15, -0.1) is 0 Å². The summed E-state index contributed by atoms with van der Waals surface area (Å²) >= 11 is 0. The maximum Gasteiger partial charge on any atom is 0.310 e. The molecule has 4 nitrogen and oxygen atoms in total. The van der Waals surface area contributed by atoms with Gasteiger partial charge in [-0.3, -0.25) is 9.59 Å². The molecule has 0 atom stereocenters. The number of carbonyl (C=O) groups is 2. The summed E-state index contributed by atoms with van der Waals surface area (Å²) < 4.78 is 0. The topological polar surface area (TPSA) is 74.6 Å². The van der Waals surface area contributed by atoms with E-state index in [4.69, 9.17) is 5.11 Å². The van der Waals surface area contributed by atoms with Crippen LogP contribution in [-0.2, 0) is 9.59 Å². The van der Waals surface area contributed by atoms with Crippen LogP contribution in [0.25, 0.3) is 0 Å². The van der Waals surface area contributed by atoms with Crippen molar-refractivity contribution in [2.75, 3.05) is 0 Å². The highest BCUT2D eigenvalue weighted by molar-refractivity contribution is 5.77. The van der Waals surface area contributed by atoms with Crippen LogP contribution in [0, 0.1) is 16.7 Å². The summed E-state index contributed by atoms with van der Waals surface area (Å²) in [6, 6.07) is 0. The minimum absolute atomic E-state index is 0.331. The van der Waals surface area contributed by atoms with Crippen molar-refractivity contribution in [1.29, 1.82) is 0 Å². The Morgan fingerprint density at radius 3 is 1.81 bits per heavy atom. The normalized spacial score (nSPS) is 31.1. The number of hydrogen-bond donors (Lipinski definition) is 2. The maximum atomic E-state index is 11.5. The van der Waals surface area contributed by atoms with Crippen molar-refractivity contribution in [2.45, 2.75) is 46.5 Å². The van der Waals surface area contributed by atoms with E-state index in [0.717, 1.165) is 0 Å². The molecule has 1 aliphatic carbocycles. The zero-order valence-electron chi connectivity index (χ0n) is 10.1. The van der Waals surface area contributed by atoms with E-state index in [1.54, 1.807) is 0 Å². The Balaban J connectivity index is 2.87. The molecule has 1 rings (SSSR count). The molecule has 4 heteroatoms. The first-order valence-corrected chi connectivity index (χ1v) is 5.67. The van der Waals surface area contributed by atoms with Crippen molar-refractivity contribution in [3.8, 4) is 0 Å². The van der Waals surface area contributed by atoms with Crippen LogP contribution in [-0.4, -0.2) is 22.2 Å². The summed E-state index contributed by atoms with van der Waals surface area (Å²) in [6.07, 6.45) is 1.86. The third-order valence-corrected chi connectivity index (χ3v) is 4.03. The van der Waals surface area contributed by atoms with Crippen LogP contribution in [0.1, 0.15) is 46.5 Å². The van der Waals surface area contributed by atoms with Gasteiger partial charge in [0, 0.05) is 0 Å². The molecule has 1 saturated carbocycles. The summed E-state index contributed by atoms with van der Waals surface area (Å²) in [6.45, 7) is 5.76. The van der Waals surface area contributed by atoms with Crippen molar-refractivity contribution in [1.82, 2.24) is 0 Å². The van der Waals surface area contributed by atoms with Crippen LogP contribution in [0.4, 0.5) is 0 Å². The Morgan fingerprint density at radius 2 is 1.56 bits per heavy atom. The molecule has 1 fully saturated rings. The number of hydrogen-bond acceptors (Lipinski definition) is 2. The van der Waals surface area contributed by atoms with Crippen molar-refractivity contribution in [3.05, 3.63) is 0 Å². The lowest BCUT2D eigenvalue weighted by Crippen LogP contribution is -2.46. The number of carboxylic acid groups (broad SMARTS) is 2. The monoisotopic (exact) mass is 228 g/mol. The molecule has 0 bridgehead atoms. The fourth-order valence-corrected chi connectivity index (χ4v) is 2.64. The molecule has 0 aromatic heterocycles. The lowest BCUT2D eigenvalue weighted by Gasteiger charge is -2.45. The lowest BCUT2D eigenvalue weighted by molar-refractivity contribution is -0.163. The summed E-state index contributed by atoms with van der Waals surface area (Å²) in [5.74, 6) is -1.95. The smallest absolute Gasteiger partial charge is 0.310 e. The fourth-order valence-electron chi connectivity index (χ4n) is 2.64. The second-order valence-electron chi connectivity index (χ2n) is 5.75. The molecule has 0 aromatic rings. The predicted molar refractivity (Wildman–Crippen MR) is 59.1 cm³/mol. The molecule has 16 heavy (non-hydrogen) atoms. The Hall–Kier alpha value is -1.06. The molecule has 0 aromatic carbocycles. The highest BCUT2D eigenvalue weighted by atomic mass is 16.4. The summed E-state index contributed by atoms with van der Waals surface area (Å²) in [5, 5.41) is 18.3. The first kappa shape index (κ1) is 13.0. The highest BCUT2D eigenvalue weighted by Gasteiger charge is 2.51. The van der Waals surface area contributed by atoms with E-state index in [2.05, 4.69) is 0 Å². The van der Waals surface area contributed by atoms with E-state index in [1.165, 1.54) is 0 Å². The maximum absolute atomic E-state index is 11.5. The molecule has 92 valence electrons. The minimum atomic E-state index is -0.798. The van der Waals surface area contributed by atoms with E-state index >= 15 is 0 Å². The van der Waals surface area contributed by atoms with Crippen LogP contribution in [0.15, 0.2) is 0 Å². The van der Waals surface area contributed by atoms with E-state index < -0.39 is 17.4 Å². The van der Waals surface area contributed by atoms with Gasteiger partial charge in [-0.1, -0.05) is 20.8 Å². The Morgan fingerprint density at radius 1 is 1.12 bits per heavy atom. The Bertz CT molecular complexity index is 293. The Kier molecular flexibility index (Phi) is 3.31. The molecule has 0 amide bonds. The van der Waals surface area contributed by atoms with Gasteiger partial charge >= 0.3 is 11.9 Å². The Labute approximate surface area is 95.7 Å². The van der Waals surface area contributed by atoms with Crippen molar-refractivity contribution in [3.63, 3.8) is 0 Å². The zero-order valence-corrected chi connectivity index (χ0v) is 10.1. The second-order valence-corrected chi connectivity index (χ2v) is 5.75. The van der Waals surface area contributed by atoms with Gasteiger partial charge in [-0.2, -0.15) is 0 Å². The van der Waals surface area contributed by atoms with Crippen molar-refractivity contribution < 1.29 is 19.8 Å². The average Bonchev–Trinajstić information content (AvgIpc) is 2.15. The molecule has 2 N–H and O–H groups in total. The molecule has 0 spiro atoms. The summed E-state index contributed by atoms with van der Waals surface area (Å²) in [7, 11) is 0. The standard InChI is InChI=1S/C12H20O4/c1-11(2,3)12(10(15)16)6-4-8(5-7-12)9(13)14/h8H,4-7H2,1-3H3,(H,13,14)(H,15,16). The van der Waals surface area contributed by atoms with Crippen molar-refractivity contribution in [2.24, 2.45) is 16.7 Å². The van der Waals surface area contributed by atoms with Gasteiger partial charge in [0.2, 0.25) is 0 Å². The van der Waals surface area contributed by atoms with Gasteiger partial charge in [-0.05, 0) is 31.1 Å². The molecule has 1 aliphatic rings. The molecule has 0 aliphatic heterocycles. The molecular formula is C12H20O4. The SMILES string of the molecule is CC(C)(C)C1(C(=O)O)CCC(C(=O)O)CC1. The molecule has 0 saturated heterocycles. The lowest BCUT2D eigenvalue weighted by atomic mass is 9.58. The third kappa shape index (κ3) is 2.06. The summed E-state index contributed by atoms with van der Waals surface area (Å²) in [5.41, 5.74) is -1.10. The van der Waals surface area contributed by atoms with Gasteiger partial charge in [0.25, 0.3) is 0 Å². The number of rotatable bonds is 2. The molecule has 0 unspecified atom stereocenters. The molecule has 0 radical (unpaired) electrons. The van der Waals surface area contributed by atoms with Crippen LogP contribution in [0.2, 0.25) is 0 Å². The second kappa shape index (κ2) is 4.07. The first-order chi connectivity index (χ1) is 7.21. The highest BCUT2D eigenvalue weighted by Crippen LogP contribution is 2.50. The largest absolute Gasteiger partial charge is 0.481 e. The minimum Gasteiger partial charge on any atom is -0.481 e. The van der Waals surface area contributed by atoms with E-state index in [1.807, 2.05) is 20.8 Å². The van der Waals surface area contributed by atoms with Crippen LogP contribution in [0.5, 0.6) is 0 Å². The quantitative estimate of drug-likeness (QED) is 0.761. The van der Waals surface area contributed by atoms with Crippen molar-refractivity contribution >= 4 is 11.9 Å². The van der Waals surface area contributed by atoms with Gasteiger partial charge in [-0.25, -0.2) is 0 Å². The molecular weight excluding hydrogens is 208 g/mol. The van der Waals surface area contributed by atoms with Crippen LogP contribution < -0.4 is 0 Å². The first-order valence-electron chi connectivity index (χ1n) is 5.67. The number of aliphatic carboxylic acids is 2. The van der Waals surface area contributed by atoms with Gasteiger partial charge < -0.3 is 10.2 Å². The van der Waals surface area contributed by atoms with Gasteiger partial charge in [0.15, 0.2) is 0 Å². The molecule has 0 heterocycles. The average molecular weight is 228 g/mol. The van der Waals surface area contributed by atoms with E-state index in [0.29, 0.717) is 25.7 Å². The van der Waals surface area contributed by atoms with E-state index in [9.17, 15) is 14.7 Å². The number of carboxylic acids is 2. The van der Waals surface area contributed by atoms with Crippen LogP contribution in [0.3, 0.4) is 0 Å². The van der Waals surface area contributed by atoms with Gasteiger partial charge in [0.1, 0.15) is 0 Å².